The van der Waals surface area contributed by atoms with Gasteiger partial charge in [0.1, 0.15) is 0 Å². The Morgan fingerprint density at radius 2 is 1.93 bits per heavy atom. The molecule has 1 heterocycles. The van der Waals surface area contributed by atoms with Gasteiger partial charge in [0.05, 0.1) is 0 Å². The van der Waals surface area contributed by atoms with Crippen LogP contribution in [-0.4, -0.2) is 10.5 Å². The SMILES string of the molecule is [CH2-]n1c(C([NH-])=O)cc2ccccc21.[W].[Y]. The zero-order valence-corrected chi connectivity index (χ0v) is 13.7. The van der Waals surface area contributed by atoms with Crippen molar-refractivity contribution in [2.45, 2.75) is 0 Å². The fraction of sp³-hybridized carbons (Fsp3) is 0. The summed E-state index contributed by atoms with van der Waals surface area (Å²) in [6.07, 6.45) is 0. The van der Waals surface area contributed by atoms with Gasteiger partial charge in [-0.3, -0.25) is 0 Å². The predicted molar refractivity (Wildman–Crippen MR) is 51.3 cm³/mol. The molecule has 0 aliphatic rings. The third-order valence-corrected chi connectivity index (χ3v) is 2.04. The van der Waals surface area contributed by atoms with E-state index in [2.05, 4.69) is 7.05 Å². The molecular formula is C10H8N2OWY-2. The second-order valence-electron chi connectivity index (χ2n) is 2.85. The molecule has 0 fully saturated rings. The molecule has 5 heteroatoms. The number of hydrogen-bond acceptors (Lipinski definition) is 1. The summed E-state index contributed by atoms with van der Waals surface area (Å²) >= 11 is 0. The number of nitrogens with one attached hydrogen (secondary N) is 1. The second-order valence-corrected chi connectivity index (χ2v) is 2.85. The van der Waals surface area contributed by atoms with Crippen molar-refractivity contribution in [1.29, 1.82) is 0 Å². The van der Waals surface area contributed by atoms with Crippen molar-refractivity contribution in [2.75, 3.05) is 0 Å². The number of amides is 1. The number of fused-ring (bicyclic) bond motifs is 1. The maximum atomic E-state index is 10.8. The third kappa shape index (κ3) is 2.72. The first-order chi connectivity index (χ1) is 6.20. The Kier molecular flexibility index (Phi) is 5.79. The Labute approximate surface area is 128 Å². The molecule has 3 nitrogen and oxygen atoms in total. The summed E-state index contributed by atoms with van der Waals surface area (Å²) in [5.41, 5.74) is 8.19. The Balaban J connectivity index is 0.000000980. The fourth-order valence-corrected chi connectivity index (χ4v) is 1.40. The molecule has 0 saturated carbocycles. The van der Waals surface area contributed by atoms with Crippen LogP contribution in [0.4, 0.5) is 0 Å². The fourth-order valence-electron chi connectivity index (χ4n) is 1.40. The molecule has 1 N–H and O–H groups in total. The summed E-state index contributed by atoms with van der Waals surface area (Å²) in [7, 11) is 3.71. The minimum Gasteiger partial charge on any atom is -0.674 e. The van der Waals surface area contributed by atoms with Crippen LogP contribution in [0.5, 0.6) is 0 Å². The number of para-hydroxylation sites is 1. The van der Waals surface area contributed by atoms with Gasteiger partial charge >= 0.3 is 0 Å². The van der Waals surface area contributed by atoms with Gasteiger partial charge in [-0.25, -0.2) is 0 Å². The largest absolute Gasteiger partial charge is 0.674 e. The van der Waals surface area contributed by atoms with Crippen molar-refractivity contribution in [1.82, 2.24) is 4.57 Å². The van der Waals surface area contributed by atoms with Crippen LogP contribution in [0.25, 0.3) is 16.6 Å². The topological polar surface area (TPSA) is 45.8 Å². The van der Waals surface area contributed by atoms with Gasteiger partial charge in [-0.2, -0.15) is 0 Å². The first kappa shape index (κ1) is 14.9. The molecule has 75 valence electrons. The van der Waals surface area contributed by atoms with Crippen LogP contribution in [0.15, 0.2) is 30.3 Å². The molecule has 1 aromatic carbocycles. The molecule has 15 heavy (non-hydrogen) atoms. The number of carbonyl (C=O) groups excluding carboxylic acids is 1. The van der Waals surface area contributed by atoms with Crippen LogP contribution in [0.1, 0.15) is 10.5 Å². The quantitative estimate of drug-likeness (QED) is 0.623. The number of hydrogen-bond donors (Lipinski definition) is 0. The maximum Gasteiger partial charge on any atom is 0.0384 e. The van der Waals surface area contributed by atoms with Gasteiger partial charge in [-0.15, -0.1) is 7.05 Å². The Hall–Kier alpha value is -0.108. The number of nitrogens with zero attached hydrogens (tertiary/aromatic N) is 1. The number of rotatable bonds is 1. The van der Waals surface area contributed by atoms with E-state index in [-0.39, 0.29) is 53.8 Å². The average molecular weight is 445 g/mol. The molecule has 0 aliphatic heterocycles. The monoisotopic (exact) mass is 445 g/mol. The van der Waals surface area contributed by atoms with Gasteiger partial charge in [-0.05, 0) is 5.69 Å². The zero-order valence-electron chi connectivity index (χ0n) is 7.93. The minimum atomic E-state index is -0.703. The molecule has 0 atom stereocenters. The van der Waals surface area contributed by atoms with E-state index in [4.69, 9.17) is 5.73 Å². The van der Waals surface area contributed by atoms with E-state index in [0.717, 1.165) is 10.9 Å². The van der Waals surface area contributed by atoms with Crippen molar-refractivity contribution >= 4 is 16.8 Å². The first-order valence-corrected chi connectivity index (χ1v) is 3.87. The minimum absolute atomic E-state index is 0. The van der Waals surface area contributed by atoms with Gasteiger partial charge in [0.2, 0.25) is 0 Å². The smallest absolute Gasteiger partial charge is 0.0384 e. The molecule has 0 unspecified atom stereocenters. The Morgan fingerprint density at radius 3 is 2.47 bits per heavy atom. The van der Waals surface area contributed by atoms with Crippen molar-refractivity contribution in [3.63, 3.8) is 0 Å². The zero-order chi connectivity index (χ0) is 9.42. The summed E-state index contributed by atoms with van der Waals surface area (Å²) in [5, 5.41) is 0.938. The number of benzene rings is 1. The Bertz CT molecular complexity index is 481. The average Bonchev–Trinajstić information content (AvgIpc) is 2.45. The van der Waals surface area contributed by atoms with E-state index in [1.165, 1.54) is 4.57 Å². The molecule has 0 bridgehead atoms. The van der Waals surface area contributed by atoms with Crippen molar-refractivity contribution in [3.8, 4) is 0 Å². The van der Waals surface area contributed by atoms with Crippen LogP contribution in [0, 0.1) is 7.05 Å². The normalized spacial score (nSPS) is 9.07. The number of aromatic nitrogens is 1. The van der Waals surface area contributed by atoms with Crippen LogP contribution in [0.3, 0.4) is 0 Å². The second kappa shape index (κ2) is 5.84. The van der Waals surface area contributed by atoms with Gasteiger partial charge in [0, 0.05) is 59.7 Å². The van der Waals surface area contributed by atoms with E-state index in [9.17, 15) is 4.79 Å². The molecule has 2 aromatic rings. The maximum absolute atomic E-state index is 10.8. The molecule has 0 spiro atoms. The van der Waals surface area contributed by atoms with Crippen molar-refractivity contribution < 1.29 is 58.6 Å². The standard InChI is InChI=1S/C10H9N2O.W.Y/c1-12-8-5-3-2-4-7(8)6-9(12)10(11)13;;/h2-6H,1H2,(H2,11,13);;/q-1;;/p-1. The van der Waals surface area contributed by atoms with Gasteiger partial charge in [0.15, 0.2) is 0 Å². The van der Waals surface area contributed by atoms with Crippen LogP contribution >= 0.6 is 0 Å². The van der Waals surface area contributed by atoms with E-state index in [1.807, 2.05) is 24.3 Å². The van der Waals surface area contributed by atoms with E-state index in [1.54, 1.807) is 6.07 Å². The molecular weight excluding hydrogens is 437 g/mol. The van der Waals surface area contributed by atoms with E-state index < -0.39 is 5.91 Å². The van der Waals surface area contributed by atoms with E-state index in [0.29, 0.717) is 5.69 Å². The summed E-state index contributed by atoms with van der Waals surface area (Å²) in [4.78, 5) is 10.8. The summed E-state index contributed by atoms with van der Waals surface area (Å²) in [6, 6.07) is 9.21. The molecule has 1 aromatic heterocycles. The van der Waals surface area contributed by atoms with Crippen molar-refractivity contribution in [2.24, 2.45) is 0 Å². The third-order valence-electron chi connectivity index (χ3n) is 2.04. The summed E-state index contributed by atoms with van der Waals surface area (Å²) in [5.74, 6) is -0.703. The number of carbonyl (C=O) groups is 1. The summed E-state index contributed by atoms with van der Waals surface area (Å²) in [6.45, 7) is 0. The van der Waals surface area contributed by atoms with Gasteiger partial charge < -0.3 is 15.1 Å². The van der Waals surface area contributed by atoms with Crippen LogP contribution in [0.2, 0.25) is 0 Å². The van der Waals surface area contributed by atoms with Crippen molar-refractivity contribution in [3.05, 3.63) is 48.8 Å². The Morgan fingerprint density at radius 1 is 1.33 bits per heavy atom. The molecule has 1 amide bonds. The summed E-state index contributed by atoms with van der Waals surface area (Å²) < 4.78 is 1.49. The molecule has 2 rings (SSSR count). The van der Waals surface area contributed by atoms with Gasteiger partial charge in [-0.1, -0.05) is 41.2 Å². The predicted octanol–water partition coefficient (Wildman–Crippen LogP) is 2.47. The molecule has 1 radical (unpaired) electrons. The van der Waals surface area contributed by atoms with Crippen LogP contribution in [-0.2, 0) is 53.8 Å². The molecule has 0 aliphatic carbocycles. The van der Waals surface area contributed by atoms with E-state index >= 15 is 0 Å². The van der Waals surface area contributed by atoms with Gasteiger partial charge in [0.25, 0.3) is 0 Å². The first-order valence-electron chi connectivity index (χ1n) is 3.87. The molecule has 0 saturated heterocycles. The van der Waals surface area contributed by atoms with Crippen LogP contribution < -0.4 is 0 Å².